The number of ketones is 1. The Morgan fingerprint density at radius 3 is 2.13 bits per heavy atom. The number of carbonyl (C=O) groups excluding carboxylic acids is 5. The fraction of sp³-hybridized carbons (Fsp3) is 0.600. The monoisotopic (exact) mass is 784 g/mol. The van der Waals surface area contributed by atoms with Crippen LogP contribution in [0, 0.1) is 17.8 Å². The fourth-order valence-electron chi connectivity index (χ4n) is 7.02. The van der Waals surface area contributed by atoms with Gasteiger partial charge in [-0.05, 0) is 30.4 Å². The van der Waals surface area contributed by atoms with Crippen LogP contribution in [0.25, 0.3) is 0 Å². The molecule has 1 fully saturated rings. The number of nitrogens with one attached hydrogen (secondary N) is 3. The third kappa shape index (κ3) is 11.3. The average molecular weight is 785 g/mol. The molecule has 1 aliphatic rings. The topological polar surface area (TPSA) is 168 Å². The van der Waals surface area contributed by atoms with Crippen LogP contribution in [0.2, 0.25) is 0 Å². The first kappa shape index (κ1) is 45.4. The number of thiazole rings is 1. The zero-order valence-corrected chi connectivity index (χ0v) is 34.8. The van der Waals surface area contributed by atoms with Crippen molar-refractivity contribution in [2.45, 2.75) is 96.5 Å². The normalized spacial score (nSPS) is 21.2. The lowest BCUT2D eigenvalue weighted by Crippen LogP contribution is -2.57. The number of hydrogen-bond acceptors (Lipinski definition) is 11. The molecule has 3 N–H and O–H groups in total. The highest BCUT2D eigenvalue weighted by atomic mass is 32.1. The summed E-state index contributed by atoms with van der Waals surface area (Å²) in [6.45, 7) is 11.7. The number of rotatable bonds is 20. The van der Waals surface area contributed by atoms with Crippen LogP contribution in [-0.4, -0.2) is 129 Å². The molecule has 0 bridgehead atoms. The number of nitrogens with zero attached hydrogens (tertiary/aromatic N) is 3. The number of ether oxygens (including phenoxy) is 3. The summed E-state index contributed by atoms with van der Waals surface area (Å²) in [5.41, 5.74) is 0.582. The first-order valence-corrected chi connectivity index (χ1v) is 19.7. The SMILES string of the molecule is CC[C@H](C)[C@@H](/C=C/C(=O)NC[C@H]1O[C@H](C(=O)N[C@H](C(=O)c2nccs2)c2ccccc2)[C@@H](OC)[C@@H]1OC)N(C)C(=O)[C@H](C(C)C)N(C)C(=O)[C@@H](NC)C(C)C. The molecule has 2 aromatic rings. The summed E-state index contributed by atoms with van der Waals surface area (Å²) in [5, 5.41) is 10.7. The second kappa shape index (κ2) is 21.3. The van der Waals surface area contributed by atoms with Gasteiger partial charge in [-0.3, -0.25) is 24.0 Å². The molecule has 0 aliphatic carbocycles. The van der Waals surface area contributed by atoms with E-state index in [1.165, 1.54) is 42.7 Å². The second-order valence-electron chi connectivity index (χ2n) is 14.6. The molecule has 0 radical (unpaired) electrons. The Kier molecular flexibility index (Phi) is 17.6. The fourth-order valence-corrected chi connectivity index (χ4v) is 7.63. The number of methoxy groups -OCH3 is 2. The van der Waals surface area contributed by atoms with Crippen LogP contribution in [0.15, 0.2) is 54.1 Å². The molecule has 1 aromatic heterocycles. The molecule has 1 saturated heterocycles. The molecular formula is C40H60N6O8S. The number of aromatic nitrogens is 1. The van der Waals surface area contributed by atoms with Gasteiger partial charge in [0.25, 0.3) is 5.91 Å². The maximum Gasteiger partial charge on any atom is 0.252 e. The van der Waals surface area contributed by atoms with Crippen molar-refractivity contribution in [2.75, 3.05) is 41.9 Å². The smallest absolute Gasteiger partial charge is 0.252 e. The highest BCUT2D eigenvalue weighted by molar-refractivity contribution is 7.11. The molecule has 0 saturated carbocycles. The van der Waals surface area contributed by atoms with Gasteiger partial charge in [-0.1, -0.05) is 84.4 Å². The largest absolute Gasteiger partial charge is 0.376 e. The summed E-state index contributed by atoms with van der Waals surface area (Å²) in [6, 6.07) is 6.26. The molecular weight excluding hydrogens is 725 g/mol. The van der Waals surface area contributed by atoms with Crippen molar-refractivity contribution in [3.8, 4) is 0 Å². The summed E-state index contributed by atoms with van der Waals surface area (Å²) in [5.74, 6) is -1.90. The molecule has 14 nitrogen and oxygen atoms in total. The van der Waals surface area contributed by atoms with E-state index in [9.17, 15) is 24.0 Å². The summed E-state index contributed by atoms with van der Waals surface area (Å²) >= 11 is 1.18. The zero-order chi connectivity index (χ0) is 41.0. The van der Waals surface area contributed by atoms with Crippen molar-refractivity contribution >= 4 is 40.7 Å². The van der Waals surface area contributed by atoms with Crippen molar-refractivity contribution in [3.05, 3.63) is 64.6 Å². The van der Waals surface area contributed by atoms with Crippen LogP contribution in [0.5, 0.6) is 0 Å². The number of amides is 4. The lowest BCUT2D eigenvalue weighted by atomic mass is 9.94. The summed E-state index contributed by atoms with van der Waals surface area (Å²) < 4.78 is 17.5. The van der Waals surface area contributed by atoms with Gasteiger partial charge in [-0.15, -0.1) is 11.3 Å². The maximum absolute atomic E-state index is 14.1. The third-order valence-corrected chi connectivity index (χ3v) is 11.1. The van der Waals surface area contributed by atoms with E-state index >= 15 is 0 Å². The molecule has 3 rings (SSSR count). The van der Waals surface area contributed by atoms with E-state index in [2.05, 4.69) is 20.9 Å². The van der Waals surface area contributed by atoms with E-state index in [1.807, 2.05) is 47.6 Å². The number of likely N-dealkylation sites (N-methyl/N-ethyl adjacent to an activating group) is 3. The van der Waals surface area contributed by atoms with Gasteiger partial charge in [0.15, 0.2) is 11.1 Å². The zero-order valence-electron chi connectivity index (χ0n) is 34.0. The first-order valence-electron chi connectivity index (χ1n) is 18.8. The van der Waals surface area contributed by atoms with Gasteiger partial charge in [-0.2, -0.15) is 0 Å². The minimum absolute atomic E-state index is 0.00694. The van der Waals surface area contributed by atoms with E-state index in [1.54, 1.807) is 61.8 Å². The van der Waals surface area contributed by atoms with Gasteiger partial charge >= 0.3 is 0 Å². The van der Waals surface area contributed by atoms with E-state index in [0.29, 0.717) is 5.56 Å². The molecule has 1 aromatic carbocycles. The summed E-state index contributed by atoms with van der Waals surface area (Å²) in [4.78, 5) is 75.2. The van der Waals surface area contributed by atoms with E-state index in [0.717, 1.165) is 6.42 Å². The number of carbonyl (C=O) groups is 5. The highest BCUT2D eigenvalue weighted by Gasteiger charge is 2.49. The van der Waals surface area contributed by atoms with Gasteiger partial charge in [0.1, 0.15) is 30.4 Å². The average Bonchev–Trinajstić information content (AvgIpc) is 3.84. The van der Waals surface area contributed by atoms with E-state index in [-0.39, 0.29) is 46.9 Å². The van der Waals surface area contributed by atoms with E-state index in [4.69, 9.17) is 14.2 Å². The molecule has 0 unspecified atom stereocenters. The van der Waals surface area contributed by atoms with Crippen LogP contribution in [0.4, 0.5) is 0 Å². The summed E-state index contributed by atoms with van der Waals surface area (Å²) in [7, 11) is 8.00. The number of hydrogen-bond donors (Lipinski definition) is 3. The van der Waals surface area contributed by atoms with Crippen molar-refractivity contribution in [3.63, 3.8) is 0 Å². The molecule has 4 amide bonds. The number of Topliss-reactive ketones (excluding diaryl/α,β-unsaturated/α-hetero) is 1. The van der Waals surface area contributed by atoms with Gasteiger partial charge < -0.3 is 40.0 Å². The van der Waals surface area contributed by atoms with Crippen molar-refractivity contribution in [2.24, 2.45) is 17.8 Å². The predicted octanol–water partition coefficient (Wildman–Crippen LogP) is 3.25. The molecule has 0 spiro atoms. The second-order valence-corrected chi connectivity index (χ2v) is 15.5. The minimum Gasteiger partial charge on any atom is -0.376 e. The molecule has 15 heteroatoms. The number of benzene rings is 1. The Bertz CT molecular complexity index is 1590. The quantitative estimate of drug-likeness (QED) is 0.134. The highest BCUT2D eigenvalue weighted by Crippen LogP contribution is 2.28. The molecule has 55 heavy (non-hydrogen) atoms. The lowest BCUT2D eigenvalue weighted by Gasteiger charge is -2.39. The first-order chi connectivity index (χ1) is 26.1. The Morgan fingerprint density at radius 1 is 0.945 bits per heavy atom. The van der Waals surface area contributed by atoms with Gasteiger partial charge in [0, 0.05) is 52.5 Å². The van der Waals surface area contributed by atoms with E-state index < -0.39 is 60.4 Å². The molecule has 1 aliphatic heterocycles. The van der Waals surface area contributed by atoms with Crippen LogP contribution >= 0.6 is 11.3 Å². The van der Waals surface area contributed by atoms with Gasteiger partial charge in [0.2, 0.25) is 23.5 Å². The Hall–Kier alpha value is -4.02. The van der Waals surface area contributed by atoms with Gasteiger partial charge in [-0.25, -0.2) is 4.98 Å². The Morgan fingerprint density at radius 2 is 1.60 bits per heavy atom. The van der Waals surface area contributed by atoms with Crippen molar-refractivity contribution in [1.29, 1.82) is 0 Å². The van der Waals surface area contributed by atoms with Crippen molar-refractivity contribution in [1.82, 2.24) is 30.7 Å². The summed E-state index contributed by atoms with van der Waals surface area (Å²) in [6.07, 6.45) is 1.86. The maximum atomic E-state index is 14.1. The third-order valence-electron chi connectivity index (χ3n) is 10.3. The predicted molar refractivity (Wildman–Crippen MR) is 211 cm³/mol. The molecule has 9 atom stereocenters. The van der Waals surface area contributed by atoms with Crippen LogP contribution < -0.4 is 16.0 Å². The van der Waals surface area contributed by atoms with Crippen molar-refractivity contribution < 1.29 is 38.2 Å². The Balaban J connectivity index is 1.74. The van der Waals surface area contributed by atoms with Crippen LogP contribution in [0.3, 0.4) is 0 Å². The standard InChI is InChI=1S/C40H60N6O8S/c1-12-25(6)27(45(8)40(51)32(24(4)5)46(9)39(50)30(41-7)23(2)3)18-19-29(47)43-22-28-34(52-10)35(53-11)36(54-28)37(49)44-31(26-16-14-13-15-17-26)33(48)38-42-20-21-55-38/h13-21,23-25,27-28,30-32,34-36,41H,12,22H2,1-11H3,(H,43,47)(H,44,49)/b19-18+/t25-,27+,28+,30-,31-,32-,34+,35-,36-/m0/s1. The Labute approximate surface area is 329 Å². The lowest BCUT2D eigenvalue weighted by molar-refractivity contribution is -0.148. The molecule has 304 valence electrons. The molecule has 2 heterocycles. The minimum atomic E-state index is -1.15. The van der Waals surface area contributed by atoms with Crippen LogP contribution in [0.1, 0.15) is 69.4 Å². The van der Waals surface area contributed by atoms with Gasteiger partial charge in [0.05, 0.1) is 12.1 Å². The van der Waals surface area contributed by atoms with Crippen LogP contribution in [-0.2, 0) is 33.4 Å².